The van der Waals surface area contributed by atoms with Crippen LogP contribution in [0.4, 0.5) is 22.4 Å². The maximum absolute atomic E-state index is 13.2. The van der Waals surface area contributed by atoms with Gasteiger partial charge in [0, 0.05) is 12.6 Å². The van der Waals surface area contributed by atoms with Crippen molar-refractivity contribution in [3.05, 3.63) is 58.1 Å². The molecule has 1 aliphatic rings. The third kappa shape index (κ3) is 7.33. The second-order valence-electron chi connectivity index (χ2n) is 7.40. The quantitative estimate of drug-likeness (QED) is 0.533. The number of nitrogens with one attached hydrogen (secondary N) is 2. The third-order valence-corrected chi connectivity index (χ3v) is 5.58. The van der Waals surface area contributed by atoms with Crippen molar-refractivity contribution in [3.8, 4) is 5.75 Å². The zero-order valence-electron chi connectivity index (χ0n) is 17.1. The van der Waals surface area contributed by atoms with Crippen molar-refractivity contribution in [2.24, 2.45) is 0 Å². The van der Waals surface area contributed by atoms with Crippen LogP contribution >= 0.6 is 15.9 Å². The monoisotopic (exact) mass is 518 g/mol. The first-order valence-electron chi connectivity index (χ1n) is 10.0. The molecule has 2 heterocycles. The van der Waals surface area contributed by atoms with Crippen LogP contribution in [0.1, 0.15) is 24.1 Å². The molecule has 3 rings (SSSR count). The van der Waals surface area contributed by atoms with Crippen LogP contribution in [-0.2, 0) is 13.1 Å². The van der Waals surface area contributed by atoms with E-state index in [0.717, 1.165) is 32.1 Å². The summed E-state index contributed by atoms with van der Waals surface area (Å²) in [5.41, 5.74) is 1.27. The fraction of sp³-hybridized carbons (Fsp3) is 0.429. The Bertz CT molecular complexity index is 906. The minimum atomic E-state index is -4.43. The predicted octanol–water partition coefficient (Wildman–Crippen LogP) is 4.39. The van der Waals surface area contributed by atoms with E-state index in [1.807, 2.05) is 0 Å². The summed E-state index contributed by atoms with van der Waals surface area (Å²) in [7, 11) is 0. The summed E-state index contributed by atoms with van der Waals surface area (Å²) in [4.78, 5) is 18.7. The van der Waals surface area contributed by atoms with Gasteiger partial charge in [-0.2, -0.15) is 13.2 Å². The van der Waals surface area contributed by atoms with E-state index < -0.39 is 18.6 Å². The van der Waals surface area contributed by atoms with Crippen LogP contribution in [-0.4, -0.2) is 47.8 Å². The number of hydrogen-bond donors (Lipinski definition) is 2. The number of halogens is 5. The molecule has 0 bridgehead atoms. The first kappa shape index (κ1) is 24.2. The van der Waals surface area contributed by atoms with Gasteiger partial charge in [-0.25, -0.2) is 9.18 Å². The Kier molecular flexibility index (Phi) is 8.30. The largest absolute Gasteiger partial charge is 0.483 e. The van der Waals surface area contributed by atoms with Crippen molar-refractivity contribution in [1.29, 1.82) is 0 Å². The minimum absolute atomic E-state index is 0.00739. The lowest BCUT2D eigenvalue weighted by Gasteiger charge is -2.34. The van der Waals surface area contributed by atoms with Crippen LogP contribution in [0.2, 0.25) is 0 Å². The second-order valence-corrected chi connectivity index (χ2v) is 8.26. The number of carbonyl (C=O) groups excluding carboxylic acids is 1. The van der Waals surface area contributed by atoms with E-state index in [9.17, 15) is 22.4 Å². The summed E-state index contributed by atoms with van der Waals surface area (Å²) in [5.74, 6) is -0.379. The van der Waals surface area contributed by atoms with E-state index >= 15 is 0 Å². The number of aromatic nitrogens is 1. The SMILES string of the molecule is O=C(NCc1ccc(OCC(F)(F)F)c(Br)c1)N(Cc1ccc(F)cn1)C1CCNCC1. The van der Waals surface area contributed by atoms with E-state index in [1.54, 1.807) is 23.1 Å². The lowest BCUT2D eigenvalue weighted by Crippen LogP contribution is -2.49. The molecule has 0 atom stereocenters. The number of amides is 2. The van der Waals surface area contributed by atoms with Crippen molar-refractivity contribution >= 4 is 22.0 Å². The van der Waals surface area contributed by atoms with Crippen molar-refractivity contribution in [3.63, 3.8) is 0 Å². The Morgan fingerprint density at radius 1 is 1.25 bits per heavy atom. The zero-order valence-corrected chi connectivity index (χ0v) is 18.7. The van der Waals surface area contributed by atoms with Crippen LogP contribution in [0, 0.1) is 5.82 Å². The summed E-state index contributed by atoms with van der Waals surface area (Å²) in [6.45, 7) is 0.611. The number of rotatable bonds is 7. The number of benzene rings is 1. The van der Waals surface area contributed by atoms with Crippen molar-refractivity contribution in [2.45, 2.75) is 38.1 Å². The van der Waals surface area contributed by atoms with Gasteiger partial charge < -0.3 is 20.3 Å². The number of urea groups is 1. The molecule has 0 aliphatic carbocycles. The number of piperidine rings is 1. The Morgan fingerprint density at radius 2 is 2.00 bits per heavy atom. The van der Waals surface area contributed by atoms with Gasteiger partial charge in [0.1, 0.15) is 11.6 Å². The molecule has 1 aromatic carbocycles. The van der Waals surface area contributed by atoms with Crippen LogP contribution in [0.5, 0.6) is 5.75 Å². The summed E-state index contributed by atoms with van der Waals surface area (Å²) in [6, 6.07) is 7.18. The number of carbonyl (C=O) groups is 1. The fourth-order valence-electron chi connectivity index (χ4n) is 3.37. The van der Waals surface area contributed by atoms with Crippen molar-refractivity contribution in [2.75, 3.05) is 19.7 Å². The Labute approximate surface area is 191 Å². The molecule has 0 radical (unpaired) electrons. The van der Waals surface area contributed by atoms with Gasteiger partial charge >= 0.3 is 12.2 Å². The molecule has 11 heteroatoms. The highest BCUT2D eigenvalue weighted by molar-refractivity contribution is 9.10. The summed E-state index contributed by atoms with van der Waals surface area (Å²) in [5, 5.41) is 6.11. The van der Waals surface area contributed by atoms with Crippen LogP contribution in [0.25, 0.3) is 0 Å². The smallest absolute Gasteiger partial charge is 0.422 e. The molecule has 32 heavy (non-hydrogen) atoms. The molecule has 2 amide bonds. The molecule has 1 fully saturated rings. The number of hydrogen-bond acceptors (Lipinski definition) is 4. The molecule has 0 spiro atoms. The molecular weight excluding hydrogens is 496 g/mol. The van der Waals surface area contributed by atoms with E-state index in [2.05, 4.69) is 31.5 Å². The highest BCUT2D eigenvalue weighted by atomic mass is 79.9. The third-order valence-electron chi connectivity index (χ3n) is 4.96. The maximum Gasteiger partial charge on any atom is 0.422 e. The lowest BCUT2D eigenvalue weighted by atomic mass is 10.0. The molecule has 0 unspecified atom stereocenters. The summed E-state index contributed by atoms with van der Waals surface area (Å²) >= 11 is 3.20. The zero-order chi connectivity index (χ0) is 23.1. The summed E-state index contributed by atoms with van der Waals surface area (Å²) < 4.78 is 55.4. The number of alkyl halides is 3. The molecule has 0 saturated carbocycles. The first-order chi connectivity index (χ1) is 15.2. The average molecular weight is 519 g/mol. The lowest BCUT2D eigenvalue weighted by molar-refractivity contribution is -0.153. The van der Waals surface area contributed by atoms with Gasteiger partial charge in [0.2, 0.25) is 0 Å². The van der Waals surface area contributed by atoms with Gasteiger partial charge in [-0.1, -0.05) is 6.07 Å². The van der Waals surface area contributed by atoms with Crippen LogP contribution < -0.4 is 15.4 Å². The molecule has 2 N–H and O–H groups in total. The molecular formula is C21H23BrF4N4O2. The normalized spacial score (nSPS) is 14.8. The van der Waals surface area contributed by atoms with E-state index in [4.69, 9.17) is 4.74 Å². The first-order valence-corrected chi connectivity index (χ1v) is 10.8. The van der Waals surface area contributed by atoms with Gasteiger partial charge in [0.25, 0.3) is 0 Å². The average Bonchev–Trinajstić information content (AvgIpc) is 2.76. The van der Waals surface area contributed by atoms with Gasteiger partial charge in [-0.3, -0.25) is 4.98 Å². The highest BCUT2D eigenvalue weighted by Crippen LogP contribution is 2.28. The Balaban J connectivity index is 1.63. The molecule has 174 valence electrons. The molecule has 2 aromatic rings. The topological polar surface area (TPSA) is 66.5 Å². The predicted molar refractivity (Wildman–Crippen MR) is 114 cm³/mol. The van der Waals surface area contributed by atoms with Gasteiger partial charge in [-0.05, 0) is 71.7 Å². The van der Waals surface area contributed by atoms with Crippen LogP contribution in [0.15, 0.2) is 41.0 Å². The van der Waals surface area contributed by atoms with E-state index in [0.29, 0.717) is 15.7 Å². The van der Waals surface area contributed by atoms with E-state index in [-0.39, 0.29) is 30.9 Å². The summed E-state index contributed by atoms with van der Waals surface area (Å²) in [6.07, 6.45) is -1.74. The Hall–Kier alpha value is -2.40. The standard InChI is InChI=1S/C21H23BrF4N4O2/c22-18-9-14(1-4-19(18)32-13-21(24,25)26)10-29-20(31)30(17-5-7-27-8-6-17)12-16-3-2-15(23)11-28-16/h1-4,9,11,17,27H,5-8,10,12-13H2,(H,29,31). The van der Waals surface area contributed by atoms with Gasteiger partial charge in [0.05, 0.1) is 22.9 Å². The number of nitrogens with zero attached hydrogens (tertiary/aromatic N) is 2. The highest BCUT2D eigenvalue weighted by Gasteiger charge is 2.29. The number of ether oxygens (including phenoxy) is 1. The molecule has 6 nitrogen and oxygen atoms in total. The van der Waals surface area contributed by atoms with Gasteiger partial charge in [-0.15, -0.1) is 0 Å². The van der Waals surface area contributed by atoms with E-state index in [1.165, 1.54) is 12.1 Å². The fourth-order valence-corrected chi connectivity index (χ4v) is 3.91. The molecule has 1 saturated heterocycles. The van der Waals surface area contributed by atoms with Crippen LogP contribution in [0.3, 0.4) is 0 Å². The van der Waals surface area contributed by atoms with Gasteiger partial charge in [0.15, 0.2) is 6.61 Å². The molecule has 1 aromatic heterocycles. The maximum atomic E-state index is 13.2. The molecule has 1 aliphatic heterocycles. The number of pyridine rings is 1. The Morgan fingerprint density at radius 3 is 2.62 bits per heavy atom. The second kappa shape index (κ2) is 11.0. The van der Waals surface area contributed by atoms with Crippen molar-refractivity contribution in [1.82, 2.24) is 20.5 Å². The minimum Gasteiger partial charge on any atom is -0.483 e. The van der Waals surface area contributed by atoms with Crippen molar-refractivity contribution < 1.29 is 27.1 Å².